The molecule has 0 aromatic heterocycles. The molecule has 1 N–H and O–H groups in total. The molecule has 1 unspecified atom stereocenters. The molecule has 0 saturated carbocycles. The molecular weight excluding hydrogens is 331 g/mol. The van der Waals surface area contributed by atoms with Crippen molar-refractivity contribution in [2.75, 3.05) is 20.6 Å². The van der Waals surface area contributed by atoms with Gasteiger partial charge in [-0.25, -0.2) is 4.39 Å². The first-order chi connectivity index (χ1) is 10.1. The highest BCUT2D eigenvalue weighted by Crippen LogP contribution is 2.19. The van der Waals surface area contributed by atoms with Crippen LogP contribution in [0.5, 0.6) is 0 Å². The van der Waals surface area contributed by atoms with Crippen molar-refractivity contribution in [3.8, 4) is 0 Å². The second kappa shape index (κ2) is 7.69. The first kappa shape index (κ1) is 16.1. The fourth-order valence-corrected chi connectivity index (χ4v) is 2.69. The van der Waals surface area contributed by atoms with Gasteiger partial charge in [-0.3, -0.25) is 0 Å². The van der Waals surface area contributed by atoms with E-state index < -0.39 is 0 Å². The van der Waals surface area contributed by atoms with E-state index >= 15 is 0 Å². The zero-order valence-corrected chi connectivity index (χ0v) is 13.9. The second-order valence-electron chi connectivity index (χ2n) is 5.25. The van der Waals surface area contributed by atoms with Crippen molar-refractivity contribution in [1.82, 2.24) is 10.2 Å². The Morgan fingerprint density at radius 2 is 1.76 bits per heavy atom. The average Bonchev–Trinajstić information content (AvgIpc) is 2.46. The molecular formula is C17H20BrFN2. The smallest absolute Gasteiger partial charge is 0.123 e. The molecule has 0 amide bonds. The summed E-state index contributed by atoms with van der Waals surface area (Å²) in [4.78, 5) is 2.14. The molecule has 1 atom stereocenters. The van der Waals surface area contributed by atoms with E-state index in [1.165, 1.54) is 17.7 Å². The Morgan fingerprint density at radius 1 is 1.10 bits per heavy atom. The van der Waals surface area contributed by atoms with Crippen LogP contribution in [0.4, 0.5) is 4.39 Å². The van der Waals surface area contributed by atoms with E-state index in [1.54, 1.807) is 0 Å². The van der Waals surface area contributed by atoms with Gasteiger partial charge in [-0.2, -0.15) is 0 Å². The van der Waals surface area contributed by atoms with Crippen molar-refractivity contribution < 1.29 is 4.39 Å². The maximum atomic E-state index is 13.0. The van der Waals surface area contributed by atoms with Gasteiger partial charge in [-0.1, -0.05) is 46.3 Å². The lowest BCUT2D eigenvalue weighted by atomic mass is 10.1. The Balaban J connectivity index is 1.98. The molecule has 0 bridgehead atoms. The fourth-order valence-electron chi connectivity index (χ4n) is 2.27. The molecule has 0 aliphatic rings. The minimum absolute atomic E-state index is 0.197. The largest absolute Gasteiger partial charge is 0.311 e. The van der Waals surface area contributed by atoms with Crippen LogP contribution in [0, 0.1) is 5.82 Å². The van der Waals surface area contributed by atoms with Gasteiger partial charge < -0.3 is 10.2 Å². The molecule has 2 aromatic carbocycles. The molecule has 21 heavy (non-hydrogen) atoms. The van der Waals surface area contributed by atoms with Crippen molar-refractivity contribution in [3.63, 3.8) is 0 Å². The third-order valence-electron chi connectivity index (χ3n) is 3.49. The number of benzene rings is 2. The molecule has 0 saturated heterocycles. The summed E-state index contributed by atoms with van der Waals surface area (Å²) < 4.78 is 14.1. The van der Waals surface area contributed by atoms with E-state index in [2.05, 4.69) is 32.2 Å². The molecule has 0 aliphatic carbocycles. The standard InChI is InChI=1S/C17H20BrFN2/c1-21(2)17(13-7-9-15(19)10-8-13)12-20-11-14-5-3-4-6-16(14)18/h3-10,17,20H,11-12H2,1-2H3. The van der Waals surface area contributed by atoms with Crippen LogP contribution in [-0.2, 0) is 6.54 Å². The zero-order valence-electron chi connectivity index (χ0n) is 12.3. The highest BCUT2D eigenvalue weighted by molar-refractivity contribution is 9.10. The van der Waals surface area contributed by atoms with E-state index in [9.17, 15) is 4.39 Å². The summed E-state index contributed by atoms with van der Waals surface area (Å²) >= 11 is 3.55. The van der Waals surface area contributed by atoms with Gasteiger partial charge in [0.05, 0.1) is 0 Å². The SMILES string of the molecule is CN(C)C(CNCc1ccccc1Br)c1ccc(F)cc1. The molecule has 2 rings (SSSR count). The molecule has 2 aromatic rings. The lowest BCUT2D eigenvalue weighted by molar-refractivity contribution is 0.288. The predicted octanol–water partition coefficient (Wildman–Crippen LogP) is 3.98. The summed E-state index contributed by atoms with van der Waals surface area (Å²) in [6.45, 7) is 1.60. The average molecular weight is 351 g/mol. The first-order valence-corrected chi connectivity index (χ1v) is 7.73. The topological polar surface area (TPSA) is 15.3 Å². The first-order valence-electron chi connectivity index (χ1n) is 6.94. The van der Waals surface area contributed by atoms with E-state index in [1.807, 2.05) is 44.4 Å². The maximum absolute atomic E-state index is 13.0. The van der Waals surface area contributed by atoms with Gasteiger partial charge in [-0.15, -0.1) is 0 Å². The van der Waals surface area contributed by atoms with Crippen molar-refractivity contribution in [2.24, 2.45) is 0 Å². The Bertz CT molecular complexity index is 569. The number of nitrogens with one attached hydrogen (secondary N) is 1. The molecule has 2 nitrogen and oxygen atoms in total. The quantitative estimate of drug-likeness (QED) is 0.847. The summed E-state index contributed by atoms with van der Waals surface area (Å²) in [6, 6.07) is 15.1. The van der Waals surface area contributed by atoms with Crippen LogP contribution in [0.3, 0.4) is 0 Å². The Hall–Kier alpha value is -1.23. The van der Waals surface area contributed by atoms with Gasteiger partial charge in [0.2, 0.25) is 0 Å². The van der Waals surface area contributed by atoms with Crippen LogP contribution < -0.4 is 5.32 Å². The van der Waals surface area contributed by atoms with Gasteiger partial charge in [-0.05, 0) is 43.4 Å². The van der Waals surface area contributed by atoms with Crippen LogP contribution in [-0.4, -0.2) is 25.5 Å². The summed E-state index contributed by atoms with van der Waals surface area (Å²) in [6.07, 6.45) is 0. The van der Waals surface area contributed by atoms with E-state index in [0.29, 0.717) is 0 Å². The molecule has 112 valence electrons. The maximum Gasteiger partial charge on any atom is 0.123 e. The zero-order chi connectivity index (χ0) is 15.2. The van der Waals surface area contributed by atoms with E-state index in [-0.39, 0.29) is 11.9 Å². The number of halogens is 2. The normalized spacial score (nSPS) is 12.6. The Kier molecular flexibility index (Phi) is 5.91. The fraction of sp³-hybridized carbons (Fsp3) is 0.294. The van der Waals surface area contributed by atoms with Crippen molar-refractivity contribution in [3.05, 3.63) is 69.9 Å². The monoisotopic (exact) mass is 350 g/mol. The van der Waals surface area contributed by atoms with Crippen LogP contribution in [0.15, 0.2) is 53.0 Å². The number of likely N-dealkylation sites (N-methyl/N-ethyl adjacent to an activating group) is 1. The number of hydrogen-bond acceptors (Lipinski definition) is 2. The van der Waals surface area contributed by atoms with Crippen LogP contribution in [0.1, 0.15) is 17.2 Å². The molecule has 0 fully saturated rings. The number of hydrogen-bond donors (Lipinski definition) is 1. The van der Waals surface area contributed by atoms with E-state index in [0.717, 1.165) is 23.1 Å². The molecule has 0 spiro atoms. The van der Waals surface area contributed by atoms with Crippen LogP contribution in [0.2, 0.25) is 0 Å². The number of nitrogens with zero attached hydrogens (tertiary/aromatic N) is 1. The summed E-state index contributed by atoms with van der Waals surface area (Å²) in [5.41, 5.74) is 2.34. The van der Waals surface area contributed by atoms with Gasteiger partial charge in [0.1, 0.15) is 5.82 Å². The minimum Gasteiger partial charge on any atom is -0.311 e. The highest BCUT2D eigenvalue weighted by atomic mass is 79.9. The second-order valence-corrected chi connectivity index (χ2v) is 6.11. The van der Waals surface area contributed by atoms with Gasteiger partial charge in [0.15, 0.2) is 0 Å². The van der Waals surface area contributed by atoms with Crippen molar-refractivity contribution in [2.45, 2.75) is 12.6 Å². The van der Waals surface area contributed by atoms with Gasteiger partial charge in [0, 0.05) is 23.6 Å². The Labute approximate surface area is 134 Å². The molecule has 0 radical (unpaired) electrons. The lowest BCUT2D eigenvalue weighted by Crippen LogP contribution is -2.30. The summed E-state index contributed by atoms with van der Waals surface area (Å²) in [5.74, 6) is -0.197. The van der Waals surface area contributed by atoms with Gasteiger partial charge in [0.25, 0.3) is 0 Å². The molecule has 4 heteroatoms. The van der Waals surface area contributed by atoms with Gasteiger partial charge >= 0.3 is 0 Å². The van der Waals surface area contributed by atoms with Crippen molar-refractivity contribution in [1.29, 1.82) is 0 Å². The summed E-state index contributed by atoms with van der Waals surface area (Å²) in [7, 11) is 4.07. The molecule has 0 heterocycles. The van der Waals surface area contributed by atoms with E-state index in [4.69, 9.17) is 0 Å². The Morgan fingerprint density at radius 3 is 2.38 bits per heavy atom. The summed E-state index contributed by atoms with van der Waals surface area (Å²) in [5, 5.41) is 3.47. The van der Waals surface area contributed by atoms with Crippen LogP contribution in [0.25, 0.3) is 0 Å². The molecule has 0 aliphatic heterocycles. The third kappa shape index (κ3) is 4.63. The predicted molar refractivity (Wildman–Crippen MR) is 88.7 cm³/mol. The highest BCUT2D eigenvalue weighted by Gasteiger charge is 2.13. The minimum atomic E-state index is -0.197. The third-order valence-corrected chi connectivity index (χ3v) is 4.26. The number of rotatable bonds is 6. The van der Waals surface area contributed by atoms with Crippen molar-refractivity contribution >= 4 is 15.9 Å². The van der Waals surface area contributed by atoms with Crippen LogP contribution >= 0.6 is 15.9 Å². The lowest BCUT2D eigenvalue weighted by Gasteiger charge is -2.25.